The Morgan fingerprint density at radius 2 is 1.68 bits per heavy atom. The van der Waals surface area contributed by atoms with Gasteiger partial charge in [-0.2, -0.15) is 4.98 Å². The molecule has 0 atom stereocenters. The first-order valence-electron chi connectivity index (χ1n) is 5.68. The minimum absolute atomic E-state index is 0.200. The van der Waals surface area contributed by atoms with E-state index in [0.29, 0.717) is 11.6 Å². The molecule has 2 aromatic carbocycles. The fraction of sp³-hybridized carbons (Fsp3) is 0. The van der Waals surface area contributed by atoms with Crippen LogP contribution in [-0.2, 0) is 0 Å². The van der Waals surface area contributed by atoms with Crippen LogP contribution >= 0.6 is 15.9 Å². The Balaban J connectivity index is 2.07. The molecule has 5 heteroatoms. The zero-order chi connectivity index (χ0) is 13.2. The summed E-state index contributed by atoms with van der Waals surface area (Å²) in [5, 5.41) is 0.833. The molecule has 0 bridgehead atoms. The standard InChI is InChI=1S/C14H10BrN3O/c15-9-5-7-10(8-6-9)19-13-11-3-1-2-4-12(11)17-14(16)18-13/h1-8H,(H2,16,17,18). The number of nitrogens with zero attached hydrogens (tertiary/aromatic N) is 2. The number of nitrogen functional groups attached to an aromatic ring is 1. The van der Waals surface area contributed by atoms with Crippen LogP contribution in [0.25, 0.3) is 10.9 Å². The molecule has 0 aliphatic carbocycles. The quantitative estimate of drug-likeness (QED) is 0.782. The molecule has 0 saturated carbocycles. The summed E-state index contributed by atoms with van der Waals surface area (Å²) in [6.07, 6.45) is 0. The molecule has 0 radical (unpaired) electrons. The average Bonchev–Trinajstić information content (AvgIpc) is 2.41. The molecule has 0 amide bonds. The van der Waals surface area contributed by atoms with Crippen LogP contribution < -0.4 is 10.5 Å². The second-order valence-electron chi connectivity index (χ2n) is 3.96. The van der Waals surface area contributed by atoms with Crippen LogP contribution in [0.1, 0.15) is 0 Å². The molecule has 1 heterocycles. The Kier molecular flexibility index (Phi) is 3.05. The van der Waals surface area contributed by atoms with Crippen LogP contribution in [0.5, 0.6) is 11.6 Å². The first kappa shape index (κ1) is 11.9. The average molecular weight is 316 g/mol. The Hall–Kier alpha value is -2.14. The third kappa shape index (κ3) is 2.51. The lowest BCUT2D eigenvalue weighted by Crippen LogP contribution is -1.98. The van der Waals surface area contributed by atoms with Crippen molar-refractivity contribution in [3.63, 3.8) is 0 Å². The minimum atomic E-state index is 0.200. The Bertz CT molecular complexity index is 728. The van der Waals surface area contributed by atoms with Gasteiger partial charge in [0.05, 0.1) is 10.9 Å². The van der Waals surface area contributed by atoms with Crippen molar-refractivity contribution in [3.05, 3.63) is 53.0 Å². The maximum atomic E-state index is 5.78. The van der Waals surface area contributed by atoms with E-state index in [1.165, 1.54) is 0 Å². The molecule has 4 nitrogen and oxygen atoms in total. The van der Waals surface area contributed by atoms with Crippen LogP contribution in [0.2, 0.25) is 0 Å². The minimum Gasteiger partial charge on any atom is -0.438 e. The molecule has 19 heavy (non-hydrogen) atoms. The zero-order valence-electron chi connectivity index (χ0n) is 9.88. The van der Waals surface area contributed by atoms with Crippen molar-refractivity contribution in [1.82, 2.24) is 9.97 Å². The molecule has 0 unspecified atom stereocenters. The number of nitrogens with two attached hydrogens (primary N) is 1. The topological polar surface area (TPSA) is 61.0 Å². The van der Waals surface area contributed by atoms with Crippen LogP contribution in [0, 0.1) is 0 Å². The van der Waals surface area contributed by atoms with Gasteiger partial charge in [0.1, 0.15) is 5.75 Å². The number of hydrogen-bond acceptors (Lipinski definition) is 4. The fourth-order valence-electron chi connectivity index (χ4n) is 1.76. The molecule has 0 spiro atoms. The normalized spacial score (nSPS) is 10.6. The smallest absolute Gasteiger partial charge is 0.231 e. The summed E-state index contributed by atoms with van der Waals surface area (Å²) in [6, 6.07) is 15.1. The Labute approximate surface area is 118 Å². The number of anilines is 1. The number of para-hydroxylation sites is 1. The number of aromatic nitrogens is 2. The van der Waals surface area contributed by atoms with Gasteiger partial charge in [-0.3, -0.25) is 0 Å². The van der Waals surface area contributed by atoms with Gasteiger partial charge >= 0.3 is 0 Å². The molecule has 0 saturated heterocycles. The van der Waals surface area contributed by atoms with Gasteiger partial charge in [0.25, 0.3) is 0 Å². The van der Waals surface area contributed by atoms with E-state index in [-0.39, 0.29) is 5.95 Å². The monoisotopic (exact) mass is 315 g/mol. The predicted octanol–water partition coefficient (Wildman–Crippen LogP) is 3.77. The van der Waals surface area contributed by atoms with Gasteiger partial charge in [-0.05, 0) is 36.4 Å². The summed E-state index contributed by atoms with van der Waals surface area (Å²) in [4.78, 5) is 8.32. The molecule has 3 rings (SSSR count). The van der Waals surface area contributed by atoms with Gasteiger partial charge in [0.2, 0.25) is 11.8 Å². The van der Waals surface area contributed by atoms with Crippen molar-refractivity contribution < 1.29 is 4.74 Å². The van der Waals surface area contributed by atoms with Crippen LogP contribution in [0.4, 0.5) is 5.95 Å². The van der Waals surface area contributed by atoms with Crippen molar-refractivity contribution in [2.75, 3.05) is 5.73 Å². The highest BCUT2D eigenvalue weighted by Gasteiger charge is 2.07. The lowest BCUT2D eigenvalue weighted by Gasteiger charge is -2.08. The van der Waals surface area contributed by atoms with Gasteiger partial charge in [0, 0.05) is 4.47 Å². The third-order valence-corrected chi connectivity index (χ3v) is 3.14. The second-order valence-corrected chi connectivity index (χ2v) is 4.88. The number of rotatable bonds is 2. The highest BCUT2D eigenvalue weighted by Crippen LogP contribution is 2.28. The fourth-order valence-corrected chi connectivity index (χ4v) is 2.02. The lowest BCUT2D eigenvalue weighted by atomic mass is 10.2. The third-order valence-electron chi connectivity index (χ3n) is 2.61. The molecular formula is C14H10BrN3O. The van der Waals surface area contributed by atoms with Crippen LogP contribution in [0.3, 0.4) is 0 Å². The number of fused-ring (bicyclic) bond motifs is 1. The number of benzene rings is 2. The van der Waals surface area contributed by atoms with Crippen molar-refractivity contribution in [2.24, 2.45) is 0 Å². The lowest BCUT2D eigenvalue weighted by molar-refractivity contribution is 0.469. The van der Waals surface area contributed by atoms with Gasteiger partial charge in [-0.15, -0.1) is 0 Å². The number of halogens is 1. The molecule has 0 aliphatic heterocycles. The molecule has 1 aromatic heterocycles. The van der Waals surface area contributed by atoms with E-state index in [4.69, 9.17) is 10.5 Å². The Morgan fingerprint density at radius 1 is 0.947 bits per heavy atom. The van der Waals surface area contributed by atoms with Gasteiger partial charge in [-0.1, -0.05) is 28.1 Å². The van der Waals surface area contributed by atoms with E-state index in [9.17, 15) is 0 Å². The number of ether oxygens (including phenoxy) is 1. The number of hydrogen-bond donors (Lipinski definition) is 1. The molecule has 94 valence electrons. The maximum absolute atomic E-state index is 5.78. The van der Waals surface area contributed by atoms with Crippen molar-refractivity contribution in [1.29, 1.82) is 0 Å². The van der Waals surface area contributed by atoms with Crippen molar-refractivity contribution in [2.45, 2.75) is 0 Å². The molecule has 3 aromatic rings. The molecule has 0 fully saturated rings. The first-order valence-corrected chi connectivity index (χ1v) is 6.47. The van der Waals surface area contributed by atoms with Gasteiger partial charge in [0.15, 0.2) is 0 Å². The predicted molar refractivity (Wildman–Crippen MR) is 78.2 cm³/mol. The summed E-state index contributed by atoms with van der Waals surface area (Å²) in [5.74, 6) is 1.36. The SMILES string of the molecule is Nc1nc(Oc2ccc(Br)cc2)c2ccccc2n1. The van der Waals surface area contributed by atoms with Crippen LogP contribution in [0.15, 0.2) is 53.0 Å². The van der Waals surface area contributed by atoms with E-state index < -0.39 is 0 Å². The summed E-state index contributed by atoms with van der Waals surface area (Å²) >= 11 is 3.38. The molecule has 0 aliphatic rings. The molecular weight excluding hydrogens is 306 g/mol. The van der Waals surface area contributed by atoms with E-state index >= 15 is 0 Å². The van der Waals surface area contributed by atoms with E-state index in [1.54, 1.807) is 0 Å². The summed E-state index contributed by atoms with van der Waals surface area (Å²) in [7, 11) is 0. The summed E-state index contributed by atoms with van der Waals surface area (Å²) in [6.45, 7) is 0. The summed E-state index contributed by atoms with van der Waals surface area (Å²) < 4.78 is 6.77. The highest BCUT2D eigenvalue weighted by molar-refractivity contribution is 9.10. The maximum Gasteiger partial charge on any atom is 0.231 e. The molecule has 2 N–H and O–H groups in total. The van der Waals surface area contributed by atoms with Crippen LogP contribution in [-0.4, -0.2) is 9.97 Å². The van der Waals surface area contributed by atoms with E-state index in [2.05, 4.69) is 25.9 Å². The Morgan fingerprint density at radius 3 is 2.47 bits per heavy atom. The van der Waals surface area contributed by atoms with E-state index in [1.807, 2.05) is 48.5 Å². The largest absolute Gasteiger partial charge is 0.438 e. The summed E-state index contributed by atoms with van der Waals surface area (Å²) in [5.41, 5.74) is 6.46. The first-order chi connectivity index (χ1) is 9.22. The zero-order valence-corrected chi connectivity index (χ0v) is 11.5. The highest BCUT2D eigenvalue weighted by atomic mass is 79.9. The van der Waals surface area contributed by atoms with Gasteiger partial charge < -0.3 is 10.5 Å². The second kappa shape index (κ2) is 4.85. The van der Waals surface area contributed by atoms with Gasteiger partial charge in [-0.25, -0.2) is 4.98 Å². The van der Waals surface area contributed by atoms with Crippen molar-refractivity contribution >= 4 is 32.8 Å². The van der Waals surface area contributed by atoms with Crippen molar-refractivity contribution in [3.8, 4) is 11.6 Å². The van der Waals surface area contributed by atoms with E-state index in [0.717, 1.165) is 15.4 Å².